The topological polar surface area (TPSA) is 76.3 Å². The van der Waals surface area contributed by atoms with E-state index in [0.717, 1.165) is 23.7 Å². The van der Waals surface area contributed by atoms with E-state index >= 15 is 0 Å². The summed E-state index contributed by atoms with van der Waals surface area (Å²) in [6, 6.07) is 9.19. The molecule has 1 N–H and O–H groups in total. The molecule has 0 fully saturated rings. The van der Waals surface area contributed by atoms with Crippen molar-refractivity contribution in [2.24, 2.45) is 7.05 Å². The highest BCUT2D eigenvalue weighted by Crippen LogP contribution is 2.19. The van der Waals surface area contributed by atoms with Crippen LogP contribution in [0, 0.1) is 6.92 Å². The molecule has 0 atom stereocenters. The van der Waals surface area contributed by atoms with Gasteiger partial charge in [-0.05, 0) is 33.2 Å². The molecule has 1 heterocycles. The fourth-order valence-electron chi connectivity index (χ4n) is 2.19. The lowest BCUT2D eigenvalue weighted by Gasteiger charge is -2.07. The molecule has 134 valence electrons. The number of nitrogens with zero attached hydrogens (tertiary/aromatic N) is 3. The number of rotatable bonds is 5. The zero-order chi connectivity index (χ0) is 18.6. The lowest BCUT2D eigenvalue weighted by atomic mass is 10.3. The number of hydrogen-bond acceptors (Lipinski definition) is 6. The molecule has 0 aliphatic heterocycles. The number of carbonyl (C=O) groups excluding carboxylic acids is 2. The summed E-state index contributed by atoms with van der Waals surface area (Å²) in [7, 11) is 5.26. The predicted octanol–water partition coefficient (Wildman–Crippen LogP) is 2.49. The second-order valence-electron chi connectivity index (χ2n) is 5.43. The quantitative estimate of drug-likeness (QED) is 0.803. The van der Waals surface area contributed by atoms with Crippen LogP contribution in [0.4, 0.5) is 10.5 Å². The van der Waals surface area contributed by atoms with Crippen LogP contribution in [-0.2, 0) is 11.8 Å². The fourth-order valence-corrected chi connectivity index (χ4v) is 3.64. The molecule has 1 amide bonds. The summed E-state index contributed by atoms with van der Waals surface area (Å²) >= 11 is 1.93. The lowest BCUT2D eigenvalue weighted by Crippen LogP contribution is -2.23. The van der Waals surface area contributed by atoms with Crippen molar-refractivity contribution >= 4 is 39.8 Å². The largest absolute Gasteiger partial charge is 0.319 e. The maximum atomic E-state index is 12.7. The standard InChI is InChI=1S/C16H20N4O3S2/c1-11-14(17-13(21)10-24-16(23)25-18(2)3)15(22)20(19(11)4)12-8-6-5-7-9-12/h5-9H,10H2,1-4H3,(H,17,21). The summed E-state index contributed by atoms with van der Waals surface area (Å²) in [4.78, 5) is 36.4. The number of para-hydroxylation sites is 1. The van der Waals surface area contributed by atoms with Gasteiger partial charge in [0.15, 0.2) is 0 Å². The van der Waals surface area contributed by atoms with Crippen LogP contribution in [0.2, 0.25) is 0 Å². The Balaban J connectivity index is 2.14. The van der Waals surface area contributed by atoms with Gasteiger partial charge >= 0.3 is 0 Å². The van der Waals surface area contributed by atoms with Crippen molar-refractivity contribution < 1.29 is 9.59 Å². The number of carbonyl (C=O) groups is 2. The lowest BCUT2D eigenvalue weighted by molar-refractivity contribution is -0.113. The van der Waals surface area contributed by atoms with Crippen LogP contribution in [0.25, 0.3) is 5.69 Å². The van der Waals surface area contributed by atoms with E-state index in [1.54, 1.807) is 37.1 Å². The maximum absolute atomic E-state index is 12.7. The molecule has 2 rings (SSSR count). The zero-order valence-corrected chi connectivity index (χ0v) is 16.1. The van der Waals surface area contributed by atoms with E-state index in [1.165, 1.54) is 4.68 Å². The smallest absolute Gasteiger partial charge is 0.295 e. The number of amides is 1. The molecule has 1 aromatic heterocycles. The summed E-state index contributed by atoms with van der Waals surface area (Å²) in [5.74, 6) is -0.428. The van der Waals surface area contributed by atoms with Crippen LogP contribution >= 0.6 is 23.7 Å². The second kappa shape index (κ2) is 8.41. The summed E-state index contributed by atoms with van der Waals surface area (Å²) in [6.45, 7) is 1.76. The van der Waals surface area contributed by atoms with Gasteiger partial charge in [-0.1, -0.05) is 30.0 Å². The number of benzene rings is 1. The van der Waals surface area contributed by atoms with Crippen molar-refractivity contribution in [3.63, 3.8) is 0 Å². The van der Waals surface area contributed by atoms with Gasteiger partial charge in [0.05, 0.1) is 17.1 Å². The molecule has 0 aliphatic carbocycles. The van der Waals surface area contributed by atoms with E-state index in [2.05, 4.69) is 5.32 Å². The molecule has 9 heteroatoms. The third-order valence-electron chi connectivity index (χ3n) is 3.40. The molecule has 0 radical (unpaired) electrons. The molecule has 7 nitrogen and oxygen atoms in total. The van der Waals surface area contributed by atoms with Crippen LogP contribution < -0.4 is 10.9 Å². The SMILES string of the molecule is Cc1c(NC(=O)CSC(=O)SN(C)C)c(=O)n(-c2ccccc2)n1C. The average Bonchev–Trinajstić information content (AvgIpc) is 2.77. The first-order valence-corrected chi connectivity index (χ1v) is 9.23. The number of thioether (sulfide) groups is 1. The Bertz CT molecular complexity index is 828. The van der Waals surface area contributed by atoms with E-state index in [4.69, 9.17) is 0 Å². The highest BCUT2D eigenvalue weighted by molar-refractivity contribution is 8.37. The van der Waals surface area contributed by atoms with Crippen molar-refractivity contribution in [3.05, 3.63) is 46.4 Å². The molecule has 0 spiro atoms. The van der Waals surface area contributed by atoms with Gasteiger partial charge in [0, 0.05) is 19.0 Å². The molecule has 0 bridgehead atoms. The molecule has 0 unspecified atom stereocenters. The normalized spacial score (nSPS) is 10.9. The summed E-state index contributed by atoms with van der Waals surface area (Å²) in [5, 5.41) is 2.63. The predicted molar refractivity (Wildman–Crippen MR) is 104 cm³/mol. The van der Waals surface area contributed by atoms with E-state index in [-0.39, 0.29) is 27.4 Å². The monoisotopic (exact) mass is 380 g/mol. The van der Waals surface area contributed by atoms with Crippen LogP contribution in [0.5, 0.6) is 0 Å². The fraction of sp³-hybridized carbons (Fsp3) is 0.312. The minimum absolute atomic E-state index is 0.0429. The zero-order valence-electron chi connectivity index (χ0n) is 14.5. The molecule has 2 aromatic rings. The molecule has 0 saturated carbocycles. The first-order chi connectivity index (χ1) is 11.8. The number of nitrogens with one attached hydrogen (secondary N) is 1. The Kier molecular flexibility index (Phi) is 6.51. The van der Waals surface area contributed by atoms with E-state index in [0.29, 0.717) is 11.4 Å². The molecule has 25 heavy (non-hydrogen) atoms. The van der Waals surface area contributed by atoms with Crippen molar-refractivity contribution in [2.45, 2.75) is 6.92 Å². The van der Waals surface area contributed by atoms with E-state index in [1.807, 2.05) is 30.3 Å². The Morgan fingerprint density at radius 1 is 1.20 bits per heavy atom. The number of aromatic nitrogens is 2. The molecule has 1 aromatic carbocycles. The van der Waals surface area contributed by atoms with Crippen molar-refractivity contribution in [2.75, 3.05) is 25.2 Å². The second-order valence-corrected chi connectivity index (χ2v) is 7.92. The van der Waals surface area contributed by atoms with Crippen LogP contribution in [0.15, 0.2) is 35.1 Å². The van der Waals surface area contributed by atoms with Gasteiger partial charge in [-0.2, -0.15) is 0 Å². The average molecular weight is 380 g/mol. The molecular formula is C16H20N4O3S2. The Labute approximate surface area is 154 Å². The van der Waals surface area contributed by atoms with E-state index < -0.39 is 0 Å². The molecule has 0 aliphatic rings. The maximum Gasteiger partial charge on any atom is 0.295 e. The minimum atomic E-state index is -0.385. The third kappa shape index (κ3) is 4.77. The van der Waals surface area contributed by atoms with Gasteiger partial charge in [0.1, 0.15) is 5.69 Å². The summed E-state index contributed by atoms with van der Waals surface area (Å²) in [6.07, 6.45) is 0. The number of hydrogen-bond donors (Lipinski definition) is 1. The third-order valence-corrected chi connectivity index (χ3v) is 5.13. The van der Waals surface area contributed by atoms with Crippen LogP contribution in [0.3, 0.4) is 0 Å². The molecule has 0 saturated heterocycles. The first kappa shape index (κ1) is 19.4. The van der Waals surface area contributed by atoms with Gasteiger partial charge < -0.3 is 5.32 Å². The van der Waals surface area contributed by atoms with Crippen molar-refractivity contribution in [3.8, 4) is 5.69 Å². The highest BCUT2D eigenvalue weighted by Gasteiger charge is 2.18. The van der Waals surface area contributed by atoms with Gasteiger partial charge in [-0.15, -0.1) is 0 Å². The molecular weight excluding hydrogens is 360 g/mol. The first-order valence-electron chi connectivity index (χ1n) is 7.47. The van der Waals surface area contributed by atoms with Crippen molar-refractivity contribution in [1.29, 1.82) is 0 Å². The van der Waals surface area contributed by atoms with Crippen molar-refractivity contribution in [1.82, 2.24) is 13.7 Å². The number of anilines is 1. The minimum Gasteiger partial charge on any atom is -0.319 e. The highest BCUT2D eigenvalue weighted by atomic mass is 32.2. The Hall–Kier alpha value is -1.97. The van der Waals surface area contributed by atoms with Gasteiger partial charge in [0.25, 0.3) is 10.0 Å². The summed E-state index contributed by atoms with van der Waals surface area (Å²) < 4.78 is 4.66. The van der Waals surface area contributed by atoms with Crippen LogP contribution in [0.1, 0.15) is 5.69 Å². The van der Waals surface area contributed by atoms with Gasteiger partial charge in [-0.3, -0.25) is 19.1 Å². The van der Waals surface area contributed by atoms with Gasteiger partial charge in [0.2, 0.25) is 5.91 Å². The van der Waals surface area contributed by atoms with Gasteiger partial charge in [-0.25, -0.2) is 8.99 Å². The van der Waals surface area contributed by atoms with E-state index in [9.17, 15) is 14.4 Å². The Morgan fingerprint density at radius 2 is 1.84 bits per heavy atom. The summed E-state index contributed by atoms with van der Waals surface area (Å²) in [5.41, 5.74) is 1.27. The van der Waals surface area contributed by atoms with Crippen LogP contribution in [-0.4, -0.2) is 43.9 Å². The Morgan fingerprint density at radius 3 is 2.44 bits per heavy atom.